The zero-order chi connectivity index (χ0) is 22.8. The Bertz CT molecular complexity index is 1150. The molecule has 0 radical (unpaired) electrons. The number of halogens is 2. The number of piperazine rings is 1. The van der Waals surface area contributed by atoms with Crippen molar-refractivity contribution in [3.8, 4) is 11.1 Å². The van der Waals surface area contributed by atoms with E-state index in [1.165, 1.54) is 29.4 Å². The van der Waals surface area contributed by atoms with E-state index >= 15 is 0 Å². The van der Waals surface area contributed by atoms with Crippen molar-refractivity contribution in [1.82, 2.24) is 19.8 Å². The molecule has 0 unspecified atom stereocenters. The summed E-state index contributed by atoms with van der Waals surface area (Å²) in [5, 5.41) is 0. The van der Waals surface area contributed by atoms with E-state index in [0.29, 0.717) is 35.5 Å². The van der Waals surface area contributed by atoms with Crippen LogP contribution in [0.1, 0.15) is 21.7 Å². The molecule has 1 fully saturated rings. The number of benzene rings is 2. The number of rotatable bonds is 4. The van der Waals surface area contributed by atoms with Gasteiger partial charge in [-0.3, -0.25) is 14.6 Å². The van der Waals surface area contributed by atoms with E-state index in [2.05, 4.69) is 9.97 Å². The molecule has 4 rings (SSSR count). The third-order valence-electron chi connectivity index (χ3n) is 5.58. The van der Waals surface area contributed by atoms with Gasteiger partial charge < -0.3 is 9.80 Å². The average molecular weight is 436 g/mol. The lowest BCUT2D eigenvalue weighted by Crippen LogP contribution is -2.58. The molecular weight excluding hydrogens is 414 g/mol. The molecule has 2 aromatic carbocycles. The SMILES string of the molecule is Cc1cnc(C(=O)N2CCN(C)C(=O)[C@@H]2Cc2ccccc2-c2cc(F)cc(F)c2)cn1. The number of nitrogens with zero attached hydrogens (tertiary/aromatic N) is 4. The summed E-state index contributed by atoms with van der Waals surface area (Å²) < 4.78 is 27.7. The smallest absolute Gasteiger partial charge is 0.274 e. The number of hydrogen-bond donors (Lipinski definition) is 0. The molecule has 0 N–H and O–H groups in total. The lowest BCUT2D eigenvalue weighted by Gasteiger charge is -2.39. The second-order valence-corrected chi connectivity index (χ2v) is 7.84. The highest BCUT2D eigenvalue weighted by atomic mass is 19.1. The largest absolute Gasteiger partial charge is 0.342 e. The summed E-state index contributed by atoms with van der Waals surface area (Å²) >= 11 is 0. The second kappa shape index (κ2) is 8.82. The van der Waals surface area contributed by atoms with Crippen molar-refractivity contribution in [3.63, 3.8) is 0 Å². The summed E-state index contributed by atoms with van der Waals surface area (Å²) in [5.74, 6) is -1.95. The van der Waals surface area contributed by atoms with Crippen molar-refractivity contribution < 1.29 is 18.4 Å². The number of carbonyl (C=O) groups excluding carboxylic acids is 2. The summed E-state index contributed by atoms with van der Waals surface area (Å²) in [5.41, 5.74) is 2.53. The van der Waals surface area contributed by atoms with E-state index in [0.717, 1.165) is 6.07 Å². The topological polar surface area (TPSA) is 66.4 Å². The number of amides is 2. The van der Waals surface area contributed by atoms with Crippen LogP contribution < -0.4 is 0 Å². The van der Waals surface area contributed by atoms with Crippen molar-refractivity contribution in [1.29, 1.82) is 0 Å². The maximum absolute atomic E-state index is 13.8. The predicted octanol–water partition coefficient (Wildman–Crippen LogP) is 3.26. The van der Waals surface area contributed by atoms with Crippen LogP contribution >= 0.6 is 0 Å². The molecule has 2 heterocycles. The maximum atomic E-state index is 13.8. The molecule has 3 aromatic rings. The van der Waals surface area contributed by atoms with Crippen LogP contribution in [0.3, 0.4) is 0 Å². The quantitative estimate of drug-likeness (QED) is 0.630. The van der Waals surface area contributed by atoms with Crippen LogP contribution in [0.4, 0.5) is 8.78 Å². The van der Waals surface area contributed by atoms with Gasteiger partial charge in [0.1, 0.15) is 23.4 Å². The minimum absolute atomic E-state index is 0.165. The van der Waals surface area contributed by atoms with Gasteiger partial charge in [-0.05, 0) is 35.7 Å². The predicted molar refractivity (Wildman–Crippen MR) is 115 cm³/mol. The number of likely N-dealkylation sites (N-methyl/N-ethyl adjacent to an activating group) is 1. The minimum Gasteiger partial charge on any atom is -0.342 e. The molecule has 2 amide bonds. The van der Waals surface area contributed by atoms with Crippen LogP contribution in [-0.4, -0.2) is 57.8 Å². The Labute approximate surface area is 184 Å². The standard InChI is InChI=1S/C24H22F2N4O2/c1-15-13-28-21(14-27-15)23(31)30-8-7-29(2)24(32)22(30)11-16-5-3-4-6-20(16)17-9-18(25)12-19(26)10-17/h3-6,9-10,12-14,22H,7-8,11H2,1-2H3/t22-/m0/s1. The summed E-state index contributed by atoms with van der Waals surface area (Å²) in [4.78, 5) is 37.6. The molecule has 1 aliphatic rings. The average Bonchev–Trinajstić information content (AvgIpc) is 2.77. The van der Waals surface area contributed by atoms with Gasteiger partial charge in [-0.25, -0.2) is 13.8 Å². The molecule has 164 valence electrons. The van der Waals surface area contributed by atoms with Gasteiger partial charge in [-0.1, -0.05) is 24.3 Å². The van der Waals surface area contributed by atoms with E-state index in [1.807, 2.05) is 0 Å². The van der Waals surface area contributed by atoms with Crippen LogP contribution in [0.25, 0.3) is 11.1 Å². The Morgan fingerprint density at radius 3 is 2.47 bits per heavy atom. The van der Waals surface area contributed by atoms with E-state index in [4.69, 9.17) is 0 Å². The summed E-state index contributed by atoms with van der Waals surface area (Å²) in [6.45, 7) is 2.52. The number of aromatic nitrogens is 2. The molecule has 1 aliphatic heterocycles. The van der Waals surface area contributed by atoms with Gasteiger partial charge in [0.15, 0.2) is 0 Å². The third-order valence-corrected chi connectivity index (χ3v) is 5.58. The fourth-order valence-electron chi connectivity index (χ4n) is 3.90. The Kier molecular flexibility index (Phi) is 5.94. The summed E-state index contributed by atoms with van der Waals surface area (Å²) in [7, 11) is 1.69. The zero-order valence-electron chi connectivity index (χ0n) is 17.8. The number of carbonyl (C=O) groups is 2. The van der Waals surface area contributed by atoms with Gasteiger partial charge in [0.05, 0.1) is 11.9 Å². The molecule has 8 heteroatoms. The first-order chi connectivity index (χ1) is 15.3. The lowest BCUT2D eigenvalue weighted by atomic mass is 9.93. The molecular formula is C24H22F2N4O2. The van der Waals surface area contributed by atoms with Gasteiger partial charge >= 0.3 is 0 Å². The monoisotopic (exact) mass is 436 g/mol. The summed E-state index contributed by atoms with van der Waals surface area (Å²) in [6, 6.07) is 9.65. The van der Waals surface area contributed by atoms with Gasteiger partial charge in [0, 0.05) is 38.8 Å². The Morgan fingerprint density at radius 2 is 1.78 bits per heavy atom. The van der Waals surface area contributed by atoms with Crippen molar-refractivity contribution in [3.05, 3.63) is 83.4 Å². The van der Waals surface area contributed by atoms with Gasteiger partial charge in [-0.15, -0.1) is 0 Å². The van der Waals surface area contributed by atoms with E-state index in [9.17, 15) is 18.4 Å². The molecule has 0 spiro atoms. The van der Waals surface area contributed by atoms with Crippen molar-refractivity contribution in [2.75, 3.05) is 20.1 Å². The first-order valence-electron chi connectivity index (χ1n) is 10.2. The molecule has 32 heavy (non-hydrogen) atoms. The van der Waals surface area contributed by atoms with Crippen LogP contribution in [0, 0.1) is 18.6 Å². The lowest BCUT2D eigenvalue weighted by molar-refractivity contribution is -0.138. The van der Waals surface area contributed by atoms with Gasteiger partial charge in [0.25, 0.3) is 5.91 Å². The van der Waals surface area contributed by atoms with E-state index in [-0.39, 0.29) is 23.9 Å². The fourth-order valence-corrected chi connectivity index (χ4v) is 3.90. The van der Waals surface area contributed by atoms with Crippen molar-refractivity contribution in [2.24, 2.45) is 0 Å². The Balaban J connectivity index is 1.70. The highest BCUT2D eigenvalue weighted by Crippen LogP contribution is 2.28. The van der Waals surface area contributed by atoms with Crippen LogP contribution in [0.15, 0.2) is 54.9 Å². The maximum Gasteiger partial charge on any atom is 0.274 e. The second-order valence-electron chi connectivity index (χ2n) is 7.84. The van der Waals surface area contributed by atoms with Crippen molar-refractivity contribution >= 4 is 11.8 Å². The van der Waals surface area contributed by atoms with Crippen LogP contribution in [0.2, 0.25) is 0 Å². The first kappa shape index (κ1) is 21.5. The minimum atomic E-state index is -0.774. The molecule has 6 nitrogen and oxygen atoms in total. The molecule has 0 aliphatic carbocycles. The molecule has 1 saturated heterocycles. The fraction of sp³-hybridized carbons (Fsp3) is 0.250. The Hall–Kier alpha value is -3.68. The molecule has 0 bridgehead atoms. The number of hydrogen-bond acceptors (Lipinski definition) is 4. The first-order valence-corrected chi connectivity index (χ1v) is 10.2. The van der Waals surface area contributed by atoms with E-state index < -0.39 is 17.7 Å². The Morgan fingerprint density at radius 1 is 1.06 bits per heavy atom. The third kappa shape index (κ3) is 4.34. The van der Waals surface area contributed by atoms with Crippen LogP contribution in [0.5, 0.6) is 0 Å². The molecule has 1 atom stereocenters. The van der Waals surface area contributed by atoms with Crippen molar-refractivity contribution in [2.45, 2.75) is 19.4 Å². The van der Waals surface area contributed by atoms with Gasteiger partial charge in [0.2, 0.25) is 5.91 Å². The highest BCUT2D eigenvalue weighted by Gasteiger charge is 2.37. The highest BCUT2D eigenvalue weighted by molar-refractivity contribution is 5.96. The number of aryl methyl sites for hydroxylation is 1. The molecule has 1 aromatic heterocycles. The normalized spacial score (nSPS) is 16.4. The van der Waals surface area contributed by atoms with Gasteiger partial charge in [-0.2, -0.15) is 0 Å². The van der Waals surface area contributed by atoms with E-state index in [1.54, 1.807) is 43.1 Å². The molecule has 0 saturated carbocycles. The van der Waals surface area contributed by atoms with Crippen LogP contribution in [-0.2, 0) is 11.2 Å². The summed E-state index contributed by atoms with van der Waals surface area (Å²) in [6.07, 6.45) is 3.11. The zero-order valence-corrected chi connectivity index (χ0v) is 17.8.